The highest BCUT2D eigenvalue weighted by atomic mass is 16.2. The first-order valence-electron chi connectivity index (χ1n) is 4.94. The SMILES string of the molecule is CCC1CCC(=O)N(C(C)C)C1. The number of likely N-dealkylation sites (tertiary alicyclic amines) is 1. The summed E-state index contributed by atoms with van der Waals surface area (Å²) >= 11 is 0. The maximum absolute atomic E-state index is 11.4. The Balaban J connectivity index is 2.53. The molecule has 2 nitrogen and oxygen atoms in total. The number of rotatable bonds is 2. The Labute approximate surface area is 74.9 Å². The molecule has 0 aromatic heterocycles. The molecule has 1 heterocycles. The Morgan fingerprint density at radius 1 is 1.58 bits per heavy atom. The number of hydrogen-bond donors (Lipinski definition) is 0. The van der Waals surface area contributed by atoms with Crippen molar-refractivity contribution in [2.24, 2.45) is 5.92 Å². The topological polar surface area (TPSA) is 20.3 Å². The molecule has 1 unspecified atom stereocenters. The van der Waals surface area contributed by atoms with Crippen molar-refractivity contribution in [1.29, 1.82) is 0 Å². The Morgan fingerprint density at radius 2 is 2.25 bits per heavy atom. The van der Waals surface area contributed by atoms with Gasteiger partial charge in [-0.3, -0.25) is 4.79 Å². The summed E-state index contributed by atoms with van der Waals surface area (Å²) in [5.74, 6) is 1.08. The van der Waals surface area contributed by atoms with Crippen LogP contribution in [0.25, 0.3) is 0 Å². The van der Waals surface area contributed by atoms with Gasteiger partial charge < -0.3 is 4.90 Å². The van der Waals surface area contributed by atoms with Crippen LogP contribution in [0, 0.1) is 5.92 Å². The molecule has 0 bridgehead atoms. The van der Waals surface area contributed by atoms with Crippen LogP contribution < -0.4 is 0 Å². The van der Waals surface area contributed by atoms with Crippen LogP contribution in [-0.4, -0.2) is 23.4 Å². The highest BCUT2D eigenvalue weighted by Crippen LogP contribution is 2.21. The average Bonchev–Trinajstić information content (AvgIpc) is 2.05. The zero-order valence-corrected chi connectivity index (χ0v) is 8.34. The largest absolute Gasteiger partial charge is 0.340 e. The Hall–Kier alpha value is -0.530. The number of hydrogen-bond acceptors (Lipinski definition) is 1. The van der Waals surface area contributed by atoms with E-state index < -0.39 is 0 Å². The van der Waals surface area contributed by atoms with Crippen molar-refractivity contribution >= 4 is 5.91 Å². The zero-order chi connectivity index (χ0) is 9.14. The molecule has 0 radical (unpaired) electrons. The summed E-state index contributed by atoms with van der Waals surface area (Å²) in [4.78, 5) is 13.4. The smallest absolute Gasteiger partial charge is 0.222 e. The summed E-state index contributed by atoms with van der Waals surface area (Å²) in [7, 11) is 0. The number of carbonyl (C=O) groups is 1. The standard InChI is InChI=1S/C10H19NO/c1-4-9-5-6-10(12)11(7-9)8(2)3/h8-9H,4-7H2,1-3H3. The minimum Gasteiger partial charge on any atom is -0.340 e. The molecule has 2 heteroatoms. The van der Waals surface area contributed by atoms with Gasteiger partial charge in [0.2, 0.25) is 5.91 Å². The van der Waals surface area contributed by atoms with Gasteiger partial charge in [0.25, 0.3) is 0 Å². The van der Waals surface area contributed by atoms with Gasteiger partial charge in [0, 0.05) is 19.0 Å². The molecule has 0 saturated carbocycles. The van der Waals surface area contributed by atoms with Crippen molar-refractivity contribution < 1.29 is 4.79 Å². The van der Waals surface area contributed by atoms with Crippen LogP contribution in [0.3, 0.4) is 0 Å². The predicted molar refractivity (Wildman–Crippen MR) is 49.9 cm³/mol. The van der Waals surface area contributed by atoms with Gasteiger partial charge in [-0.15, -0.1) is 0 Å². The molecule has 12 heavy (non-hydrogen) atoms. The lowest BCUT2D eigenvalue weighted by Crippen LogP contribution is -2.43. The molecular formula is C10H19NO. The van der Waals surface area contributed by atoms with Gasteiger partial charge in [-0.05, 0) is 26.2 Å². The van der Waals surface area contributed by atoms with Gasteiger partial charge in [0.1, 0.15) is 0 Å². The van der Waals surface area contributed by atoms with Crippen LogP contribution in [0.4, 0.5) is 0 Å². The van der Waals surface area contributed by atoms with Crippen LogP contribution in [-0.2, 0) is 4.79 Å². The van der Waals surface area contributed by atoms with E-state index in [0.29, 0.717) is 11.9 Å². The third-order valence-electron chi connectivity index (χ3n) is 2.74. The zero-order valence-electron chi connectivity index (χ0n) is 8.34. The quantitative estimate of drug-likeness (QED) is 0.619. The molecule has 0 aliphatic carbocycles. The second-order valence-corrected chi connectivity index (χ2v) is 3.95. The van der Waals surface area contributed by atoms with Crippen LogP contribution in [0.15, 0.2) is 0 Å². The summed E-state index contributed by atoms with van der Waals surface area (Å²) in [6.07, 6.45) is 3.06. The lowest BCUT2D eigenvalue weighted by atomic mass is 9.94. The van der Waals surface area contributed by atoms with Gasteiger partial charge >= 0.3 is 0 Å². The molecule has 0 N–H and O–H groups in total. The van der Waals surface area contributed by atoms with Crippen molar-refractivity contribution in [3.8, 4) is 0 Å². The van der Waals surface area contributed by atoms with E-state index in [2.05, 4.69) is 20.8 Å². The van der Waals surface area contributed by atoms with E-state index in [0.717, 1.165) is 25.3 Å². The first-order valence-corrected chi connectivity index (χ1v) is 4.94. The summed E-state index contributed by atoms with van der Waals surface area (Å²) in [5.41, 5.74) is 0. The molecule has 1 atom stereocenters. The lowest BCUT2D eigenvalue weighted by molar-refractivity contribution is -0.136. The molecule has 1 rings (SSSR count). The first-order chi connectivity index (χ1) is 5.65. The Bertz CT molecular complexity index is 165. The summed E-state index contributed by atoms with van der Waals surface area (Å²) in [5, 5.41) is 0. The van der Waals surface area contributed by atoms with E-state index in [4.69, 9.17) is 0 Å². The number of piperidine rings is 1. The van der Waals surface area contributed by atoms with E-state index >= 15 is 0 Å². The molecule has 1 fully saturated rings. The Kier molecular flexibility index (Phi) is 3.12. The maximum Gasteiger partial charge on any atom is 0.222 e. The van der Waals surface area contributed by atoms with E-state index in [-0.39, 0.29) is 0 Å². The molecule has 0 aromatic rings. The summed E-state index contributed by atoms with van der Waals surface area (Å²) < 4.78 is 0. The highest BCUT2D eigenvalue weighted by molar-refractivity contribution is 5.77. The first kappa shape index (κ1) is 9.56. The monoisotopic (exact) mass is 169 g/mol. The molecular weight excluding hydrogens is 150 g/mol. The number of nitrogens with zero attached hydrogens (tertiary/aromatic N) is 1. The average molecular weight is 169 g/mol. The van der Waals surface area contributed by atoms with Crippen molar-refractivity contribution in [2.45, 2.75) is 46.1 Å². The summed E-state index contributed by atoms with van der Waals surface area (Å²) in [6, 6.07) is 0.381. The van der Waals surface area contributed by atoms with Gasteiger partial charge in [0.15, 0.2) is 0 Å². The molecule has 0 aromatic carbocycles. The minimum atomic E-state index is 0.342. The van der Waals surface area contributed by atoms with Crippen LogP contribution in [0.2, 0.25) is 0 Å². The van der Waals surface area contributed by atoms with Gasteiger partial charge in [-0.2, -0.15) is 0 Å². The molecule has 0 spiro atoms. The van der Waals surface area contributed by atoms with E-state index in [1.165, 1.54) is 6.42 Å². The molecule has 1 amide bonds. The molecule has 1 saturated heterocycles. The maximum atomic E-state index is 11.4. The molecule has 1 aliphatic heterocycles. The van der Waals surface area contributed by atoms with Crippen LogP contribution in [0.5, 0.6) is 0 Å². The van der Waals surface area contributed by atoms with Crippen molar-refractivity contribution in [2.75, 3.05) is 6.54 Å². The fourth-order valence-electron chi connectivity index (χ4n) is 1.77. The minimum absolute atomic E-state index is 0.342. The normalized spacial score (nSPS) is 25.2. The number of carbonyl (C=O) groups excluding carboxylic acids is 1. The van der Waals surface area contributed by atoms with Gasteiger partial charge in [-0.1, -0.05) is 13.3 Å². The van der Waals surface area contributed by atoms with Crippen LogP contribution >= 0.6 is 0 Å². The second-order valence-electron chi connectivity index (χ2n) is 3.95. The fraction of sp³-hybridized carbons (Fsp3) is 0.900. The van der Waals surface area contributed by atoms with Crippen LogP contribution in [0.1, 0.15) is 40.0 Å². The van der Waals surface area contributed by atoms with Gasteiger partial charge in [0.05, 0.1) is 0 Å². The van der Waals surface area contributed by atoms with Crippen molar-refractivity contribution in [3.05, 3.63) is 0 Å². The molecule has 70 valence electrons. The number of amides is 1. The van der Waals surface area contributed by atoms with Crippen molar-refractivity contribution in [3.63, 3.8) is 0 Å². The van der Waals surface area contributed by atoms with E-state index in [1.54, 1.807) is 0 Å². The third-order valence-corrected chi connectivity index (χ3v) is 2.74. The Morgan fingerprint density at radius 3 is 2.75 bits per heavy atom. The van der Waals surface area contributed by atoms with Crippen molar-refractivity contribution in [1.82, 2.24) is 4.90 Å². The molecule has 1 aliphatic rings. The van der Waals surface area contributed by atoms with E-state index in [1.807, 2.05) is 4.90 Å². The fourth-order valence-corrected chi connectivity index (χ4v) is 1.77. The summed E-state index contributed by atoms with van der Waals surface area (Å²) in [6.45, 7) is 7.37. The highest BCUT2D eigenvalue weighted by Gasteiger charge is 2.25. The van der Waals surface area contributed by atoms with E-state index in [9.17, 15) is 4.79 Å². The van der Waals surface area contributed by atoms with Gasteiger partial charge in [-0.25, -0.2) is 0 Å². The predicted octanol–water partition coefficient (Wildman–Crippen LogP) is 2.04. The third kappa shape index (κ3) is 1.99. The lowest BCUT2D eigenvalue weighted by Gasteiger charge is -2.35. The second kappa shape index (κ2) is 3.92.